The maximum Gasteiger partial charge on any atom is 0.262 e. The molecule has 20 heavy (non-hydrogen) atoms. The van der Waals surface area contributed by atoms with Crippen LogP contribution in [0.5, 0.6) is 0 Å². The largest absolute Gasteiger partial charge is 0.328 e. The third kappa shape index (κ3) is 4.27. The number of carbonyl (C=O) groups is 1. The highest BCUT2D eigenvalue weighted by Crippen LogP contribution is 2.12. The summed E-state index contributed by atoms with van der Waals surface area (Å²) in [6.45, 7) is 1.77. The number of aryl methyl sites for hydroxylation is 1. The van der Waals surface area contributed by atoms with Crippen LogP contribution in [0.1, 0.15) is 18.9 Å². The molecule has 0 fully saturated rings. The minimum atomic E-state index is -3.86. The minimum absolute atomic E-state index is 0.0431. The molecule has 112 valence electrons. The van der Waals surface area contributed by atoms with Crippen molar-refractivity contribution in [2.24, 2.45) is 5.73 Å². The Kier molecular flexibility index (Phi) is 6.08. The molecule has 0 bridgehead atoms. The van der Waals surface area contributed by atoms with Crippen LogP contribution in [-0.2, 0) is 21.2 Å². The van der Waals surface area contributed by atoms with Gasteiger partial charge in [-0.05, 0) is 24.1 Å². The quantitative estimate of drug-likeness (QED) is 0.409. The molecule has 0 aliphatic heterocycles. The van der Waals surface area contributed by atoms with Crippen molar-refractivity contribution in [3.63, 3.8) is 0 Å². The molecule has 0 radical (unpaired) electrons. The molecular formula is C12H19N3O4S. The van der Waals surface area contributed by atoms with Crippen molar-refractivity contribution in [1.82, 2.24) is 10.2 Å². The predicted molar refractivity (Wildman–Crippen MR) is 73.5 cm³/mol. The fourth-order valence-electron chi connectivity index (χ4n) is 1.67. The van der Waals surface area contributed by atoms with Crippen molar-refractivity contribution in [2.45, 2.75) is 30.7 Å². The number of hydrogen-bond donors (Lipinski definition) is 4. The van der Waals surface area contributed by atoms with E-state index in [1.54, 1.807) is 12.1 Å². The summed E-state index contributed by atoms with van der Waals surface area (Å²) >= 11 is 0. The van der Waals surface area contributed by atoms with Crippen LogP contribution < -0.4 is 15.9 Å². The Morgan fingerprint density at radius 3 is 2.40 bits per heavy atom. The molecule has 8 heteroatoms. The maximum atomic E-state index is 12.1. The second-order valence-electron chi connectivity index (χ2n) is 4.28. The van der Waals surface area contributed by atoms with E-state index in [0.29, 0.717) is 0 Å². The van der Waals surface area contributed by atoms with Gasteiger partial charge in [0.25, 0.3) is 5.91 Å². The number of amides is 1. The van der Waals surface area contributed by atoms with Gasteiger partial charge in [0.2, 0.25) is 10.0 Å². The summed E-state index contributed by atoms with van der Waals surface area (Å²) in [6.07, 6.45) is 1.84. The molecule has 5 N–H and O–H groups in total. The molecule has 0 saturated heterocycles. The Labute approximate surface area is 118 Å². The second-order valence-corrected chi connectivity index (χ2v) is 5.99. The third-order valence-electron chi connectivity index (χ3n) is 2.73. The lowest BCUT2D eigenvalue weighted by molar-refractivity contribution is -0.130. The SMILES string of the molecule is CCCc1ccc(S(=O)(=O)NC(CN)C(=O)NO)cc1. The fourth-order valence-corrected chi connectivity index (χ4v) is 2.87. The zero-order chi connectivity index (χ0) is 15.2. The first-order valence-electron chi connectivity index (χ1n) is 6.20. The standard InChI is InChI=1S/C12H19N3O4S/c1-2-3-9-4-6-10(7-5-9)20(18,19)15-11(8-13)12(16)14-17/h4-7,11,15,17H,2-3,8,13H2,1H3,(H,14,16). The third-order valence-corrected chi connectivity index (χ3v) is 4.22. The van der Waals surface area contributed by atoms with E-state index in [0.717, 1.165) is 18.4 Å². The van der Waals surface area contributed by atoms with Crippen LogP contribution in [0.4, 0.5) is 0 Å². The van der Waals surface area contributed by atoms with E-state index >= 15 is 0 Å². The van der Waals surface area contributed by atoms with Crippen LogP contribution >= 0.6 is 0 Å². The summed E-state index contributed by atoms with van der Waals surface area (Å²) in [5.41, 5.74) is 7.71. The van der Waals surface area contributed by atoms with E-state index in [2.05, 4.69) is 4.72 Å². The highest BCUT2D eigenvalue weighted by molar-refractivity contribution is 7.89. The number of rotatable bonds is 7. The molecule has 0 heterocycles. The van der Waals surface area contributed by atoms with E-state index in [1.165, 1.54) is 17.6 Å². The molecule has 7 nitrogen and oxygen atoms in total. The average molecular weight is 301 g/mol. The molecule has 0 aromatic heterocycles. The molecule has 0 aliphatic carbocycles. The zero-order valence-corrected chi connectivity index (χ0v) is 12.0. The van der Waals surface area contributed by atoms with Gasteiger partial charge in [-0.15, -0.1) is 0 Å². The van der Waals surface area contributed by atoms with Crippen molar-refractivity contribution in [3.05, 3.63) is 29.8 Å². The number of hydrogen-bond acceptors (Lipinski definition) is 5. The Morgan fingerprint density at radius 1 is 1.35 bits per heavy atom. The van der Waals surface area contributed by atoms with Crippen molar-refractivity contribution in [3.8, 4) is 0 Å². The molecule has 1 amide bonds. The molecule has 1 aromatic carbocycles. The predicted octanol–water partition coefficient (Wildman–Crippen LogP) is -0.250. The Bertz CT molecular complexity index is 542. The number of carbonyl (C=O) groups excluding carboxylic acids is 1. The van der Waals surface area contributed by atoms with Crippen molar-refractivity contribution in [2.75, 3.05) is 6.54 Å². The van der Waals surface area contributed by atoms with Gasteiger partial charge >= 0.3 is 0 Å². The molecular weight excluding hydrogens is 282 g/mol. The highest BCUT2D eigenvalue weighted by atomic mass is 32.2. The minimum Gasteiger partial charge on any atom is -0.328 e. The van der Waals surface area contributed by atoms with Gasteiger partial charge in [-0.3, -0.25) is 10.0 Å². The lowest BCUT2D eigenvalue weighted by Gasteiger charge is -2.15. The molecule has 0 aliphatic rings. The van der Waals surface area contributed by atoms with E-state index in [1.807, 2.05) is 6.92 Å². The van der Waals surface area contributed by atoms with Crippen LogP contribution in [-0.4, -0.2) is 32.1 Å². The molecule has 1 unspecified atom stereocenters. The van der Waals surface area contributed by atoms with E-state index in [9.17, 15) is 13.2 Å². The number of benzene rings is 1. The molecule has 1 atom stereocenters. The topological polar surface area (TPSA) is 122 Å². The van der Waals surface area contributed by atoms with Gasteiger partial charge in [-0.1, -0.05) is 25.5 Å². The van der Waals surface area contributed by atoms with E-state index in [-0.39, 0.29) is 11.4 Å². The van der Waals surface area contributed by atoms with Gasteiger partial charge in [0.05, 0.1) is 4.90 Å². The summed E-state index contributed by atoms with van der Waals surface area (Å²) < 4.78 is 26.3. The van der Waals surface area contributed by atoms with E-state index < -0.39 is 22.0 Å². The number of nitrogens with one attached hydrogen (secondary N) is 2. The second kappa shape index (κ2) is 7.34. The number of nitrogens with two attached hydrogens (primary N) is 1. The van der Waals surface area contributed by atoms with Gasteiger partial charge < -0.3 is 5.73 Å². The summed E-state index contributed by atoms with van der Waals surface area (Å²) in [7, 11) is -3.86. The first-order valence-corrected chi connectivity index (χ1v) is 7.68. The number of hydroxylamine groups is 1. The van der Waals surface area contributed by atoms with Gasteiger partial charge in [0.1, 0.15) is 6.04 Å². The maximum absolute atomic E-state index is 12.1. The summed E-state index contributed by atoms with van der Waals surface area (Å²) in [5, 5.41) is 8.51. The first kappa shape index (κ1) is 16.6. The Hall–Kier alpha value is -1.48. The van der Waals surface area contributed by atoms with Crippen molar-refractivity contribution in [1.29, 1.82) is 0 Å². The highest BCUT2D eigenvalue weighted by Gasteiger charge is 2.24. The molecule has 0 saturated carbocycles. The zero-order valence-electron chi connectivity index (χ0n) is 11.2. The number of sulfonamides is 1. The monoisotopic (exact) mass is 301 g/mol. The van der Waals surface area contributed by atoms with Gasteiger partial charge in [0, 0.05) is 6.54 Å². The van der Waals surface area contributed by atoms with Crippen molar-refractivity contribution >= 4 is 15.9 Å². The molecule has 0 spiro atoms. The lowest BCUT2D eigenvalue weighted by Crippen LogP contribution is -2.49. The van der Waals surface area contributed by atoms with Gasteiger partial charge in [-0.2, -0.15) is 4.72 Å². The van der Waals surface area contributed by atoms with E-state index in [4.69, 9.17) is 10.9 Å². The van der Waals surface area contributed by atoms with Crippen LogP contribution in [0.2, 0.25) is 0 Å². The molecule has 1 aromatic rings. The van der Waals surface area contributed by atoms with Crippen LogP contribution in [0.15, 0.2) is 29.2 Å². The van der Waals surface area contributed by atoms with Crippen LogP contribution in [0.25, 0.3) is 0 Å². The first-order chi connectivity index (χ1) is 9.44. The lowest BCUT2D eigenvalue weighted by atomic mass is 10.1. The van der Waals surface area contributed by atoms with Gasteiger partial charge in [0.15, 0.2) is 0 Å². The summed E-state index contributed by atoms with van der Waals surface area (Å²) in [6, 6.07) is 5.17. The molecule has 1 rings (SSSR count). The smallest absolute Gasteiger partial charge is 0.262 e. The Balaban J connectivity index is 2.90. The fraction of sp³-hybridized carbons (Fsp3) is 0.417. The normalized spacial score (nSPS) is 12.9. The van der Waals surface area contributed by atoms with Crippen molar-refractivity contribution < 1.29 is 18.4 Å². The van der Waals surface area contributed by atoms with Crippen LogP contribution in [0.3, 0.4) is 0 Å². The summed E-state index contributed by atoms with van der Waals surface area (Å²) in [5.74, 6) is -0.904. The van der Waals surface area contributed by atoms with Gasteiger partial charge in [-0.25, -0.2) is 13.9 Å². The average Bonchev–Trinajstić information content (AvgIpc) is 2.45. The summed E-state index contributed by atoms with van der Waals surface area (Å²) in [4.78, 5) is 11.3. The Morgan fingerprint density at radius 2 is 1.95 bits per heavy atom. The van der Waals surface area contributed by atoms with Crippen LogP contribution in [0, 0.1) is 0 Å².